The minimum Gasteiger partial charge on any atom is -0.465 e. The van der Waals surface area contributed by atoms with Crippen molar-refractivity contribution >= 4 is 23.2 Å². The quantitative estimate of drug-likeness (QED) is 0.701. The van der Waals surface area contributed by atoms with Crippen LogP contribution in [0.15, 0.2) is 48.5 Å². The predicted octanol–water partition coefficient (Wildman–Crippen LogP) is 2.98. The molecule has 2 bridgehead atoms. The average molecular weight is 254 g/mol. The number of carbonyl (C=O) groups excluding carboxylic acids is 1. The summed E-state index contributed by atoms with van der Waals surface area (Å²) in [7, 11) is 0. The molecule has 2 heterocycles. The van der Waals surface area contributed by atoms with Crippen molar-refractivity contribution < 1.29 is 14.7 Å². The molecular formula is C14H10N2O3. The third kappa shape index (κ3) is 1.81. The molecule has 3 aromatic rings. The Bertz CT molecular complexity index is 746. The lowest BCUT2D eigenvalue weighted by Gasteiger charge is -2.02. The zero-order chi connectivity index (χ0) is 13.4. The highest BCUT2D eigenvalue weighted by Gasteiger charge is 2.18. The summed E-state index contributed by atoms with van der Waals surface area (Å²) in [6, 6.07) is 14.4. The molecule has 5 nitrogen and oxygen atoms in total. The Labute approximate surface area is 108 Å². The van der Waals surface area contributed by atoms with E-state index in [0.717, 1.165) is 11.1 Å². The molecule has 2 amide bonds. The van der Waals surface area contributed by atoms with Gasteiger partial charge in [-0.1, -0.05) is 30.3 Å². The van der Waals surface area contributed by atoms with E-state index in [2.05, 4.69) is 0 Å². The number of benzene rings is 2. The van der Waals surface area contributed by atoms with Gasteiger partial charge in [-0.25, -0.2) is 14.9 Å². The number of hydrogen-bond acceptors (Lipinski definition) is 2. The first-order valence-corrected chi connectivity index (χ1v) is 5.70. The smallest absolute Gasteiger partial charge is 0.412 e. The first-order chi connectivity index (χ1) is 9.16. The molecule has 0 saturated heterocycles. The molecule has 0 saturated carbocycles. The standard InChI is InChI=1S/C14H10N2O3/c17-13(15-14(18)19)16-10-6-7-12(16)11(8-10)9-4-2-1-3-5-9/h1-8H,(H,15,17)(H,18,19). The molecule has 2 aromatic heterocycles. The number of fused-ring (bicyclic) bond motifs is 2. The molecule has 0 radical (unpaired) electrons. The van der Waals surface area contributed by atoms with Gasteiger partial charge in [0.15, 0.2) is 0 Å². The van der Waals surface area contributed by atoms with Crippen LogP contribution in [0, 0.1) is 0 Å². The Balaban J connectivity index is 2.08. The van der Waals surface area contributed by atoms with Crippen LogP contribution in [0.1, 0.15) is 0 Å². The number of aromatic nitrogens is 1. The summed E-state index contributed by atoms with van der Waals surface area (Å²) in [6.07, 6.45) is -1.36. The van der Waals surface area contributed by atoms with Gasteiger partial charge in [0, 0.05) is 5.56 Å². The van der Waals surface area contributed by atoms with E-state index in [1.165, 1.54) is 4.57 Å². The van der Waals surface area contributed by atoms with E-state index in [4.69, 9.17) is 5.11 Å². The molecule has 0 fully saturated rings. The molecule has 0 aliphatic carbocycles. The van der Waals surface area contributed by atoms with Gasteiger partial charge in [-0.15, -0.1) is 0 Å². The van der Waals surface area contributed by atoms with Crippen molar-refractivity contribution in [1.82, 2.24) is 9.88 Å². The van der Waals surface area contributed by atoms with Gasteiger partial charge in [0.25, 0.3) is 0 Å². The number of rotatable bonds is 1. The van der Waals surface area contributed by atoms with E-state index in [1.54, 1.807) is 12.1 Å². The van der Waals surface area contributed by atoms with E-state index >= 15 is 0 Å². The second-order valence-electron chi connectivity index (χ2n) is 4.14. The van der Waals surface area contributed by atoms with E-state index in [-0.39, 0.29) is 0 Å². The largest absolute Gasteiger partial charge is 0.465 e. The first kappa shape index (κ1) is 11.3. The van der Waals surface area contributed by atoms with Crippen molar-refractivity contribution in [3.8, 4) is 11.1 Å². The van der Waals surface area contributed by atoms with Gasteiger partial charge in [0.1, 0.15) is 0 Å². The molecule has 0 spiro atoms. The third-order valence-corrected chi connectivity index (χ3v) is 2.98. The molecular weight excluding hydrogens is 244 g/mol. The normalized spacial score (nSPS) is 10.7. The van der Waals surface area contributed by atoms with Crippen molar-refractivity contribution in [3.63, 3.8) is 0 Å². The van der Waals surface area contributed by atoms with E-state index in [0.29, 0.717) is 11.0 Å². The van der Waals surface area contributed by atoms with Crippen LogP contribution in [0.4, 0.5) is 9.59 Å². The molecule has 2 N–H and O–H groups in total. The molecule has 3 rings (SSSR count). The number of imide groups is 1. The summed E-state index contributed by atoms with van der Waals surface area (Å²) in [4.78, 5) is 22.3. The predicted molar refractivity (Wildman–Crippen MR) is 70.5 cm³/mol. The van der Waals surface area contributed by atoms with Crippen LogP contribution < -0.4 is 5.32 Å². The second kappa shape index (κ2) is 4.13. The Morgan fingerprint density at radius 3 is 2.47 bits per heavy atom. The van der Waals surface area contributed by atoms with Crippen LogP contribution in [0.25, 0.3) is 22.2 Å². The van der Waals surface area contributed by atoms with Gasteiger partial charge in [0.05, 0.1) is 11.0 Å². The van der Waals surface area contributed by atoms with Crippen LogP contribution in [-0.4, -0.2) is 21.8 Å². The van der Waals surface area contributed by atoms with Crippen LogP contribution in [-0.2, 0) is 0 Å². The van der Waals surface area contributed by atoms with Gasteiger partial charge >= 0.3 is 12.1 Å². The Morgan fingerprint density at radius 2 is 1.79 bits per heavy atom. The molecule has 0 aliphatic rings. The topological polar surface area (TPSA) is 71.3 Å². The maximum absolute atomic E-state index is 11.8. The van der Waals surface area contributed by atoms with Crippen LogP contribution in [0.2, 0.25) is 0 Å². The maximum Gasteiger partial charge on any atom is 0.412 e. The first-order valence-electron chi connectivity index (χ1n) is 5.70. The number of carbonyl (C=O) groups is 2. The van der Waals surface area contributed by atoms with Gasteiger partial charge < -0.3 is 5.11 Å². The maximum atomic E-state index is 11.8. The van der Waals surface area contributed by atoms with Gasteiger partial charge in [-0.2, -0.15) is 0 Å². The van der Waals surface area contributed by atoms with Crippen LogP contribution in [0.5, 0.6) is 0 Å². The van der Waals surface area contributed by atoms with Gasteiger partial charge in [-0.3, -0.25) is 4.57 Å². The van der Waals surface area contributed by atoms with Crippen molar-refractivity contribution in [2.75, 3.05) is 0 Å². The molecule has 19 heavy (non-hydrogen) atoms. The Morgan fingerprint density at radius 1 is 1.05 bits per heavy atom. The van der Waals surface area contributed by atoms with Gasteiger partial charge in [-0.05, 0) is 23.8 Å². The zero-order valence-corrected chi connectivity index (χ0v) is 9.83. The second-order valence-corrected chi connectivity index (χ2v) is 4.14. The van der Waals surface area contributed by atoms with Crippen molar-refractivity contribution in [1.29, 1.82) is 0 Å². The van der Waals surface area contributed by atoms with E-state index in [1.807, 2.05) is 41.7 Å². The van der Waals surface area contributed by atoms with Crippen LogP contribution in [0.3, 0.4) is 0 Å². The lowest BCUT2D eigenvalue weighted by molar-refractivity contribution is 0.192. The SMILES string of the molecule is O=C(O)NC(=O)n1c2ccc1c(-c1ccccc1)c2. The number of carboxylic acid groups (broad SMARTS) is 1. The summed E-state index contributed by atoms with van der Waals surface area (Å²) < 4.78 is 1.36. The highest BCUT2D eigenvalue weighted by Crippen LogP contribution is 2.31. The molecule has 0 atom stereocenters. The lowest BCUT2D eigenvalue weighted by Crippen LogP contribution is -2.32. The number of hydrogen-bond donors (Lipinski definition) is 2. The number of nitrogens with zero attached hydrogens (tertiary/aromatic N) is 1. The molecule has 0 unspecified atom stereocenters. The fourth-order valence-electron chi connectivity index (χ4n) is 2.22. The minimum absolute atomic E-state index is 0.662. The van der Waals surface area contributed by atoms with Crippen molar-refractivity contribution in [2.45, 2.75) is 0 Å². The monoisotopic (exact) mass is 254 g/mol. The average Bonchev–Trinajstić information content (AvgIpc) is 2.96. The lowest BCUT2D eigenvalue weighted by atomic mass is 10.1. The fraction of sp³-hybridized carbons (Fsp3) is 0. The summed E-state index contributed by atoms with van der Waals surface area (Å²) in [5.41, 5.74) is 3.27. The highest BCUT2D eigenvalue weighted by atomic mass is 16.4. The number of nitrogens with one attached hydrogen (secondary N) is 1. The molecule has 0 aliphatic heterocycles. The summed E-state index contributed by atoms with van der Waals surface area (Å²) in [5.74, 6) is 0. The third-order valence-electron chi connectivity index (χ3n) is 2.98. The summed E-state index contributed by atoms with van der Waals surface area (Å²) in [6.45, 7) is 0. The molecule has 1 aromatic carbocycles. The van der Waals surface area contributed by atoms with E-state index < -0.39 is 12.1 Å². The highest BCUT2D eigenvalue weighted by molar-refractivity contribution is 6.03. The minimum atomic E-state index is -1.36. The summed E-state index contributed by atoms with van der Waals surface area (Å²) >= 11 is 0. The van der Waals surface area contributed by atoms with Gasteiger partial charge in [0.2, 0.25) is 0 Å². The fourth-order valence-corrected chi connectivity index (χ4v) is 2.22. The summed E-state index contributed by atoms with van der Waals surface area (Å²) in [5, 5.41) is 10.5. The van der Waals surface area contributed by atoms with Crippen molar-refractivity contribution in [3.05, 3.63) is 48.5 Å². The Hall–Kier alpha value is -2.82. The molecule has 5 heteroatoms. The zero-order valence-electron chi connectivity index (χ0n) is 9.83. The number of amides is 2. The Kier molecular flexibility index (Phi) is 2.45. The molecule has 94 valence electrons. The van der Waals surface area contributed by atoms with E-state index in [9.17, 15) is 9.59 Å². The van der Waals surface area contributed by atoms with Crippen molar-refractivity contribution in [2.24, 2.45) is 0 Å². The van der Waals surface area contributed by atoms with Crippen LogP contribution >= 0.6 is 0 Å².